The maximum absolute atomic E-state index is 10.9. The van der Waals surface area contributed by atoms with Gasteiger partial charge in [0.05, 0.1) is 19.1 Å². The molecule has 0 bridgehead atoms. The van der Waals surface area contributed by atoms with Crippen molar-refractivity contribution in [2.24, 2.45) is 0 Å². The molecule has 0 atom stereocenters. The largest absolute Gasteiger partial charge is 0.473 e. The van der Waals surface area contributed by atoms with Crippen molar-refractivity contribution in [2.45, 2.75) is 46.0 Å². The predicted octanol–water partition coefficient (Wildman–Crippen LogP) is 3.80. The Morgan fingerprint density at radius 2 is 1.75 bits per heavy atom. The zero-order chi connectivity index (χ0) is 12.1. The van der Waals surface area contributed by atoms with Gasteiger partial charge in [-0.25, -0.2) is 0 Å². The molecule has 92 valence electrons. The normalized spacial score (nSPS) is 9.12. The van der Waals surface area contributed by atoms with E-state index < -0.39 is 0 Å². The Balaban J connectivity index is 0.000000368. The van der Waals surface area contributed by atoms with Crippen LogP contribution >= 0.6 is 0 Å². The summed E-state index contributed by atoms with van der Waals surface area (Å²) in [4.78, 5) is 10.9. The first-order chi connectivity index (χ1) is 7.81. The fourth-order valence-electron chi connectivity index (χ4n) is 0.950. The van der Waals surface area contributed by atoms with Crippen LogP contribution in [0.1, 0.15) is 46.0 Å². The third kappa shape index (κ3) is 10.8. The number of carbonyl (C=O) groups is 1. The molecule has 0 N–H and O–H groups in total. The van der Waals surface area contributed by atoms with Gasteiger partial charge in [0, 0.05) is 6.42 Å². The highest BCUT2D eigenvalue weighted by atomic mass is 16.5. The van der Waals surface area contributed by atoms with E-state index in [-0.39, 0.29) is 5.97 Å². The van der Waals surface area contributed by atoms with Crippen molar-refractivity contribution in [1.29, 1.82) is 0 Å². The summed E-state index contributed by atoms with van der Waals surface area (Å²) in [6.45, 7) is 4.75. The lowest BCUT2D eigenvalue weighted by Crippen LogP contribution is -2.04. The average Bonchev–Trinajstić information content (AvgIpc) is 2.85. The molecule has 3 nitrogen and oxygen atoms in total. The fraction of sp³-hybridized carbons (Fsp3) is 0.615. The molecule has 1 heterocycles. The first-order valence-electron chi connectivity index (χ1n) is 5.94. The highest BCUT2D eigenvalue weighted by Gasteiger charge is 1.99. The molecule has 0 spiro atoms. The van der Waals surface area contributed by atoms with Gasteiger partial charge in [-0.1, -0.05) is 26.7 Å². The van der Waals surface area contributed by atoms with E-state index in [1.54, 1.807) is 12.5 Å². The Morgan fingerprint density at radius 3 is 2.19 bits per heavy atom. The topological polar surface area (TPSA) is 39.4 Å². The zero-order valence-corrected chi connectivity index (χ0v) is 10.3. The Kier molecular flexibility index (Phi) is 10.9. The van der Waals surface area contributed by atoms with Crippen LogP contribution in [0.5, 0.6) is 0 Å². The molecular weight excluding hydrogens is 204 g/mol. The molecule has 16 heavy (non-hydrogen) atoms. The fourth-order valence-corrected chi connectivity index (χ4v) is 0.950. The van der Waals surface area contributed by atoms with Crippen LogP contribution in [-0.2, 0) is 9.53 Å². The van der Waals surface area contributed by atoms with Crippen LogP contribution in [-0.4, -0.2) is 12.6 Å². The highest BCUT2D eigenvalue weighted by Crippen LogP contribution is 1.97. The maximum atomic E-state index is 10.9. The summed E-state index contributed by atoms with van der Waals surface area (Å²) in [5.74, 6) is -0.0414. The van der Waals surface area contributed by atoms with Gasteiger partial charge in [-0.3, -0.25) is 4.79 Å². The van der Waals surface area contributed by atoms with Gasteiger partial charge in [-0.15, -0.1) is 0 Å². The number of esters is 1. The number of carbonyl (C=O) groups excluding carboxylic acids is 1. The molecule has 1 aromatic rings. The molecule has 0 aromatic carbocycles. The quantitative estimate of drug-likeness (QED) is 0.547. The van der Waals surface area contributed by atoms with Gasteiger partial charge in [-0.2, -0.15) is 0 Å². The summed E-state index contributed by atoms with van der Waals surface area (Å²) in [5, 5.41) is 0. The SMILES string of the molecule is CCCCOC(=O)CCCC.c1ccoc1. The third-order valence-electron chi connectivity index (χ3n) is 1.92. The van der Waals surface area contributed by atoms with Crippen molar-refractivity contribution in [3.8, 4) is 0 Å². The van der Waals surface area contributed by atoms with Crippen molar-refractivity contribution in [3.05, 3.63) is 24.7 Å². The number of unbranched alkanes of at least 4 members (excludes halogenated alkanes) is 2. The minimum atomic E-state index is -0.0414. The standard InChI is InChI=1S/C9H18O2.C4H4O/c1-3-5-7-9(10)11-8-6-4-2;1-2-4-5-3-1/h3-8H2,1-2H3;1-4H. The van der Waals surface area contributed by atoms with E-state index in [9.17, 15) is 4.79 Å². The summed E-state index contributed by atoms with van der Waals surface area (Å²) in [6.07, 6.45) is 7.91. The van der Waals surface area contributed by atoms with Crippen LogP contribution in [0.15, 0.2) is 29.1 Å². The number of furan rings is 1. The molecule has 0 fully saturated rings. The summed E-state index contributed by atoms with van der Waals surface area (Å²) in [5.41, 5.74) is 0. The van der Waals surface area contributed by atoms with E-state index in [1.807, 2.05) is 12.1 Å². The van der Waals surface area contributed by atoms with Crippen molar-refractivity contribution < 1.29 is 13.9 Å². The maximum Gasteiger partial charge on any atom is 0.305 e. The lowest BCUT2D eigenvalue weighted by molar-refractivity contribution is -0.143. The summed E-state index contributed by atoms with van der Waals surface area (Å²) in [7, 11) is 0. The van der Waals surface area contributed by atoms with Gasteiger partial charge in [0.1, 0.15) is 0 Å². The van der Waals surface area contributed by atoms with E-state index in [0.717, 1.165) is 25.7 Å². The smallest absolute Gasteiger partial charge is 0.305 e. The van der Waals surface area contributed by atoms with Gasteiger partial charge >= 0.3 is 5.97 Å². The van der Waals surface area contributed by atoms with Crippen molar-refractivity contribution in [2.75, 3.05) is 6.61 Å². The van der Waals surface area contributed by atoms with E-state index in [4.69, 9.17) is 4.74 Å². The second-order valence-electron chi connectivity index (χ2n) is 3.47. The summed E-state index contributed by atoms with van der Waals surface area (Å²) < 4.78 is 9.53. The van der Waals surface area contributed by atoms with Crippen LogP contribution in [0.2, 0.25) is 0 Å². The van der Waals surface area contributed by atoms with Gasteiger partial charge in [0.15, 0.2) is 0 Å². The zero-order valence-electron chi connectivity index (χ0n) is 10.3. The van der Waals surface area contributed by atoms with Crippen LogP contribution in [0.3, 0.4) is 0 Å². The van der Waals surface area contributed by atoms with E-state index in [2.05, 4.69) is 18.3 Å². The highest BCUT2D eigenvalue weighted by molar-refractivity contribution is 5.69. The predicted molar refractivity (Wildman–Crippen MR) is 64.1 cm³/mol. The van der Waals surface area contributed by atoms with Gasteiger partial charge in [0.25, 0.3) is 0 Å². The second kappa shape index (κ2) is 11.8. The Labute approximate surface area is 97.8 Å². The molecule has 1 aromatic heterocycles. The number of ether oxygens (including phenoxy) is 1. The van der Waals surface area contributed by atoms with E-state index in [0.29, 0.717) is 13.0 Å². The second-order valence-corrected chi connectivity index (χ2v) is 3.47. The molecule has 0 radical (unpaired) electrons. The summed E-state index contributed by atoms with van der Waals surface area (Å²) in [6, 6.07) is 3.67. The van der Waals surface area contributed by atoms with Crippen molar-refractivity contribution in [3.63, 3.8) is 0 Å². The number of hydrogen-bond donors (Lipinski definition) is 0. The molecule has 0 saturated heterocycles. The van der Waals surface area contributed by atoms with Gasteiger partial charge in [-0.05, 0) is 25.0 Å². The van der Waals surface area contributed by atoms with E-state index >= 15 is 0 Å². The molecule has 0 aliphatic carbocycles. The van der Waals surface area contributed by atoms with Crippen LogP contribution in [0.25, 0.3) is 0 Å². The molecule has 1 rings (SSSR count). The molecule has 0 aliphatic heterocycles. The molecule has 0 amide bonds. The Morgan fingerprint density at radius 1 is 1.12 bits per heavy atom. The third-order valence-corrected chi connectivity index (χ3v) is 1.92. The summed E-state index contributed by atoms with van der Waals surface area (Å²) >= 11 is 0. The Bertz CT molecular complexity index is 212. The van der Waals surface area contributed by atoms with Crippen LogP contribution in [0.4, 0.5) is 0 Å². The Hall–Kier alpha value is -1.25. The minimum Gasteiger partial charge on any atom is -0.473 e. The lowest BCUT2D eigenvalue weighted by atomic mass is 10.2. The molecule has 3 heteroatoms. The van der Waals surface area contributed by atoms with E-state index in [1.165, 1.54) is 0 Å². The average molecular weight is 226 g/mol. The molecular formula is C13H22O3. The van der Waals surface area contributed by atoms with Gasteiger partial charge < -0.3 is 9.15 Å². The molecule has 0 saturated carbocycles. The van der Waals surface area contributed by atoms with Gasteiger partial charge in [0.2, 0.25) is 0 Å². The van der Waals surface area contributed by atoms with Crippen molar-refractivity contribution in [1.82, 2.24) is 0 Å². The number of rotatable bonds is 6. The first kappa shape index (κ1) is 14.8. The molecule has 0 unspecified atom stereocenters. The van der Waals surface area contributed by atoms with Crippen LogP contribution in [0, 0.1) is 0 Å². The van der Waals surface area contributed by atoms with Crippen LogP contribution < -0.4 is 0 Å². The molecule has 0 aliphatic rings. The first-order valence-corrected chi connectivity index (χ1v) is 5.94. The van der Waals surface area contributed by atoms with Crippen molar-refractivity contribution >= 4 is 5.97 Å². The number of hydrogen-bond acceptors (Lipinski definition) is 3. The minimum absolute atomic E-state index is 0.0414. The monoisotopic (exact) mass is 226 g/mol. The lowest BCUT2D eigenvalue weighted by Gasteiger charge is -2.01.